The number of hydrogen-bond acceptors (Lipinski definition) is 4. The topological polar surface area (TPSA) is 108 Å². The van der Waals surface area contributed by atoms with Crippen LogP contribution in [0.2, 0.25) is 0 Å². The second kappa shape index (κ2) is 10.2. The Hall–Kier alpha value is -4.46. The molecule has 0 saturated heterocycles. The molecular formula is C27H26N4O4. The van der Waals surface area contributed by atoms with Gasteiger partial charge in [-0.25, -0.2) is 4.79 Å². The third kappa shape index (κ3) is 5.38. The number of nitrogens with zero attached hydrogens (tertiary/aromatic N) is 1. The van der Waals surface area contributed by atoms with Crippen LogP contribution >= 0.6 is 0 Å². The Balaban J connectivity index is 1.48. The number of carbonyl (C=O) groups excluding carboxylic acids is 4. The number of fused-ring (bicyclic) bond motifs is 1. The fourth-order valence-electron chi connectivity index (χ4n) is 3.98. The summed E-state index contributed by atoms with van der Waals surface area (Å²) in [7, 11) is 0. The van der Waals surface area contributed by atoms with E-state index >= 15 is 0 Å². The van der Waals surface area contributed by atoms with Crippen molar-refractivity contribution in [2.75, 3.05) is 16.0 Å². The van der Waals surface area contributed by atoms with E-state index in [0.29, 0.717) is 34.6 Å². The van der Waals surface area contributed by atoms with Crippen LogP contribution in [-0.2, 0) is 4.79 Å². The summed E-state index contributed by atoms with van der Waals surface area (Å²) in [6.45, 7) is 3.85. The summed E-state index contributed by atoms with van der Waals surface area (Å²) in [5, 5.41) is 8.25. The highest BCUT2D eigenvalue weighted by Crippen LogP contribution is 2.28. The number of nitrogens with one attached hydrogen (secondary N) is 3. The van der Waals surface area contributed by atoms with E-state index in [-0.39, 0.29) is 5.92 Å². The molecule has 8 nitrogen and oxygen atoms in total. The normalized spacial score (nSPS) is 13.4. The lowest BCUT2D eigenvalue weighted by Crippen LogP contribution is -2.47. The lowest BCUT2D eigenvalue weighted by Gasteiger charge is -2.26. The van der Waals surface area contributed by atoms with Gasteiger partial charge in [-0.05, 0) is 54.8 Å². The summed E-state index contributed by atoms with van der Waals surface area (Å²) in [6, 6.07) is 20.8. The number of amides is 5. The van der Waals surface area contributed by atoms with Gasteiger partial charge in [-0.2, -0.15) is 0 Å². The Morgan fingerprint density at radius 2 is 1.23 bits per heavy atom. The van der Waals surface area contributed by atoms with Gasteiger partial charge in [0.1, 0.15) is 6.04 Å². The van der Waals surface area contributed by atoms with Crippen molar-refractivity contribution in [2.45, 2.75) is 26.3 Å². The molecule has 1 unspecified atom stereocenters. The van der Waals surface area contributed by atoms with Crippen LogP contribution in [0.15, 0.2) is 78.9 Å². The smallest absolute Gasteiger partial charge is 0.323 e. The van der Waals surface area contributed by atoms with Crippen molar-refractivity contribution in [2.24, 2.45) is 5.92 Å². The highest BCUT2D eigenvalue weighted by Gasteiger charge is 2.42. The predicted octanol–water partition coefficient (Wildman–Crippen LogP) is 4.98. The standard InChI is InChI=1S/C27H26N4O4/c1-17(2)15-23(31-25(33)21-13-6-7-14-22(21)26(31)34)24(32)28-19-11-8-12-20(16-19)30-27(35)29-18-9-4-3-5-10-18/h3-14,16-17,23H,15H2,1-2H3,(H,28,32)(H2,29,30,35). The number of urea groups is 1. The minimum Gasteiger partial charge on any atom is -0.324 e. The Bertz CT molecular complexity index is 1240. The van der Waals surface area contributed by atoms with Gasteiger partial charge >= 0.3 is 6.03 Å². The first kappa shape index (κ1) is 23.7. The van der Waals surface area contributed by atoms with Gasteiger partial charge in [-0.15, -0.1) is 0 Å². The molecule has 5 amide bonds. The minimum absolute atomic E-state index is 0.0599. The van der Waals surface area contributed by atoms with Crippen LogP contribution < -0.4 is 16.0 Å². The molecule has 178 valence electrons. The van der Waals surface area contributed by atoms with Gasteiger partial charge in [-0.1, -0.05) is 50.2 Å². The molecule has 1 aliphatic rings. The van der Waals surface area contributed by atoms with Crippen LogP contribution in [0, 0.1) is 5.92 Å². The molecule has 8 heteroatoms. The number of anilines is 3. The Morgan fingerprint density at radius 1 is 0.714 bits per heavy atom. The Labute approximate surface area is 203 Å². The third-order valence-electron chi connectivity index (χ3n) is 5.55. The van der Waals surface area contributed by atoms with Gasteiger partial charge in [-0.3, -0.25) is 19.3 Å². The van der Waals surface area contributed by atoms with E-state index in [9.17, 15) is 19.2 Å². The number of imide groups is 1. The SMILES string of the molecule is CC(C)CC(C(=O)Nc1cccc(NC(=O)Nc2ccccc2)c1)N1C(=O)c2ccccc2C1=O. The Morgan fingerprint density at radius 3 is 1.83 bits per heavy atom. The molecule has 4 rings (SSSR count). The molecule has 0 bridgehead atoms. The van der Waals surface area contributed by atoms with Gasteiger partial charge < -0.3 is 16.0 Å². The molecule has 3 N–H and O–H groups in total. The lowest BCUT2D eigenvalue weighted by molar-refractivity contribution is -0.120. The van der Waals surface area contributed by atoms with E-state index < -0.39 is 29.8 Å². The Kier molecular flexibility index (Phi) is 6.91. The molecule has 0 aromatic heterocycles. The zero-order valence-corrected chi connectivity index (χ0v) is 19.4. The van der Waals surface area contributed by atoms with E-state index in [1.165, 1.54) is 0 Å². The third-order valence-corrected chi connectivity index (χ3v) is 5.55. The largest absolute Gasteiger partial charge is 0.324 e. The fraction of sp³-hybridized carbons (Fsp3) is 0.185. The highest BCUT2D eigenvalue weighted by atomic mass is 16.2. The number of benzene rings is 3. The minimum atomic E-state index is -0.972. The summed E-state index contributed by atoms with van der Waals surface area (Å²) in [6.07, 6.45) is 0.314. The monoisotopic (exact) mass is 470 g/mol. The van der Waals surface area contributed by atoms with Crippen LogP contribution in [0.25, 0.3) is 0 Å². The molecule has 0 aliphatic carbocycles. The van der Waals surface area contributed by atoms with Crippen LogP contribution in [0.3, 0.4) is 0 Å². The first-order valence-electron chi connectivity index (χ1n) is 11.3. The lowest BCUT2D eigenvalue weighted by atomic mass is 10.0. The van der Waals surface area contributed by atoms with E-state index in [1.807, 2.05) is 32.0 Å². The van der Waals surface area contributed by atoms with Gasteiger partial charge in [0, 0.05) is 17.1 Å². The van der Waals surface area contributed by atoms with Crippen LogP contribution in [-0.4, -0.2) is 34.7 Å². The maximum atomic E-state index is 13.3. The summed E-state index contributed by atoms with van der Waals surface area (Å²) in [5.41, 5.74) is 2.14. The van der Waals surface area contributed by atoms with Crippen LogP contribution in [0.5, 0.6) is 0 Å². The number of para-hydroxylation sites is 1. The second-order valence-corrected chi connectivity index (χ2v) is 8.69. The van der Waals surface area contributed by atoms with Crippen molar-refractivity contribution < 1.29 is 19.2 Å². The molecule has 3 aromatic carbocycles. The van der Waals surface area contributed by atoms with Crippen molar-refractivity contribution in [3.8, 4) is 0 Å². The van der Waals surface area contributed by atoms with Crippen molar-refractivity contribution in [3.63, 3.8) is 0 Å². The van der Waals surface area contributed by atoms with Crippen LogP contribution in [0.4, 0.5) is 21.9 Å². The molecule has 3 aromatic rings. The van der Waals surface area contributed by atoms with E-state index in [2.05, 4.69) is 16.0 Å². The molecule has 0 radical (unpaired) electrons. The molecule has 1 heterocycles. The summed E-state index contributed by atoms with van der Waals surface area (Å²) in [4.78, 5) is 52.6. The summed E-state index contributed by atoms with van der Waals surface area (Å²) in [5.74, 6) is -1.36. The molecular weight excluding hydrogens is 444 g/mol. The number of rotatable bonds is 7. The summed E-state index contributed by atoms with van der Waals surface area (Å²) >= 11 is 0. The average Bonchev–Trinajstić information content (AvgIpc) is 3.08. The first-order chi connectivity index (χ1) is 16.8. The zero-order chi connectivity index (χ0) is 24.9. The van der Waals surface area contributed by atoms with Crippen molar-refractivity contribution in [3.05, 3.63) is 90.0 Å². The number of hydrogen-bond donors (Lipinski definition) is 3. The van der Waals surface area contributed by atoms with Gasteiger partial charge in [0.25, 0.3) is 11.8 Å². The van der Waals surface area contributed by atoms with E-state index in [4.69, 9.17) is 0 Å². The van der Waals surface area contributed by atoms with E-state index in [0.717, 1.165) is 4.90 Å². The predicted molar refractivity (Wildman–Crippen MR) is 134 cm³/mol. The first-order valence-corrected chi connectivity index (χ1v) is 11.3. The van der Waals surface area contributed by atoms with Gasteiger partial charge in [0.15, 0.2) is 0 Å². The second-order valence-electron chi connectivity index (χ2n) is 8.69. The molecule has 1 aliphatic heterocycles. The average molecular weight is 471 g/mol. The van der Waals surface area contributed by atoms with E-state index in [1.54, 1.807) is 60.7 Å². The van der Waals surface area contributed by atoms with Gasteiger partial charge in [0.05, 0.1) is 11.1 Å². The maximum absolute atomic E-state index is 13.3. The van der Waals surface area contributed by atoms with Crippen molar-refractivity contribution in [1.29, 1.82) is 0 Å². The zero-order valence-electron chi connectivity index (χ0n) is 19.4. The number of carbonyl (C=O) groups is 4. The molecule has 0 saturated carbocycles. The molecule has 35 heavy (non-hydrogen) atoms. The summed E-state index contributed by atoms with van der Waals surface area (Å²) < 4.78 is 0. The molecule has 0 spiro atoms. The quantitative estimate of drug-likeness (QED) is 0.423. The fourth-order valence-corrected chi connectivity index (χ4v) is 3.98. The highest BCUT2D eigenvalue weighted by molar-refractivity contribution is 6.23. The van der Waals surface area contributed by atoms with Crippen LogP contribution in [0.1, 0.15) is 41.0 Å². The molecule has 0 fully saturated rings. The maximum Gasteiger partial charge on any atom is 0.323 e. The van der Waals surface area contributed by atoms with Gasteiger partial charge in [0.2, 0.25) is 5.91 Å². The molecule has 1 atom stereocenters. The van der Waals surface area contributed by atoms with Crippen molar-refractivity contribution in [1.82, 2.24) is 4.90 Å². The van der Waals surface area contributed by atoms with Crippen molar-refractivity contribution >= 4 is 40.8 Å².